The molecule has 2 N–H and O–H groups in total. The SMILES string of the molecule is COCCC(=O)N1CC[C@@H](c2ncncc2-c2ccnc(N)c2)C1. The molecule has 1 atom stereocenters. The van der Waals surface area contributed by atoms with Crippen LogP contribution in [0.5, 0.6) is 0 Å². The third-order valence-electron chi connectivity index (χ3n) is 4.28. The molecule has 3 rings (SSSR count). The Hall–Kier alpha value is -2.54. The van der Waals surface area contributed by atoms with Gasteiger partial charge in [-0.1, -0.05) is 0 Å². The minimum atomic E-state index is 0.128. The second kappa shape index (κ2) is 7.35. The van der Waals surface area contributed by atoms with E-state index in [1.165, 1.54) is 0 Å². The summed E-state index contributed by atoms with van der Waals surface area (Å²) in [5.74, 6) is 0.789. The zero-order valence-corrected chi connectivity index (χ0v) is 13.7. The summed E-state index contributed by atoms with van der Waals surface area (Å²) < 4.78 is 4.99. The highest BCUT2D eigenvalue weighted by Crippen LogP contribution is 2.33. The van der Waals surface area contributed by atoms with E-state index in [-0.39, 0.29) is 11.8 Å². The summed E-state index contributed by atoms with van der Waals surface area (Å²) in [7, 11) is 1.60. The van der Waals surface area contributed by atoms with Crippen LogP contribution in [0, 0.1) is 0 Å². The molecule has 0 bridgehead atoms. The zero-order chi connectivity index (χ0) is 16.9. The fourth-order valence-electron chi connectivity index (χ4n) is 3.06. The number of nitrogens with zero attached hydrogens (tertiary/aromatic N) is 4. The second-order valence-electron chi connectivity index (χ2n) is 5.86. The van der Waals surface area contributed by atoms with Crippen LogP contribution in [0.15, 0.2) is 30.9 Å². The van der Waals surface area contributed by atoms with Crippen LogP contribution in [0.25, 0.3) is 11.1 Å². The minimum absolute atomic E-state index is 0.128. The highest BCUT2D eigenvalue weighted by molar-refractivity contribution is 5.77. The van der Waals surface area contributed by atoms with Crippen molar-refractivity contribution in [3.63, 3.8) is 0 Å². The number of rotatable bonds is 5. The predicted octanol–water partition coefficient (Wildman–Crippen LogP) is 1.47. The third-order valence-corrected chi connectivity index (χ3v) is 4.28. The van der Waals surface area contributed by atoms with E-state index in [4.69, 9.17) is 10.5 Å². The molecule has 0 aromatic carbocycles. The van der Waals surface area contributed by atoms with Crippen LogP contribution < -0.4 is 5.73 Å². The number of carbonyl (C=O) groups is 1. The molecule has 1 aliphatic rings. The van der Waals surface area contributed by atoms with Crippen molar-refractivity contribution in [2.45, 2.75) is 18.8 Å². The lowest BCUT2D eigenvalue weighted by atomic mass is 9.96. The van der Waals surface area contributed by atoms with Gasteiger partial charge in [-0.05, 0) is 24.1 Å². The van der Waals surface area contributed by atoms with Gasteiger partial charge in [0.2, 0.25) is 5.91 Å². The molecule has 1 fully saturated rings. The summed E-state index contributed by atoms with van der Waals surface area (Å²) in [4.78, 5) is 26.7. The van der Waals surface area contributed by atoms with E-state index in [0.29, 0.717) is 25.4 Å². The standard InChI is InChI=1S/C17H21N5O2/c1-24-7-4-16(23)22-6-3-13(10-22)17-14(9-19-11-21-17)12-2-5-20-15(18)8-12/h2,5,8-9,11,13H,3-4,6-7,10H2,1H3,(H2,18,20)/t13-/m1/s1. The Morgan fingerprint density at radius 3 is 3.12 bits per heavy atom. The summed E-state index contributed by atoms with van der Waals surface area (Å²) in [6, 6.07) is 3.72. The number of amides is 1. The summed E-state index contributed by atoms with van der Waals surface area (Å²) >= 11 is 0. The van der Waals surface area contributed by atoms with Gasteiger partial charge in [0, 0.05) is 44.1 Å². The first-order valence-corrected chi connectivity index (χ1v) is 7.97. The van der Waals surface area contributed by atoms with Gasteiger partial charge in [0.15, 0.2) is 0 Å². The molecule has 0 saturated carbocycles. The summed E-state index contributed by atoms with van der Waals surface area (Å²) in [5, 5.41) is 0. The minimum Gasteiger partial charge on any atom is -0.384 e. The average molecular weight is 327 g/mol. The van der Waals surface area contributed by atoms with Crippen molar-refractivity contribution < 1.29 is 9.53 Å². The highest BCUT2D eigenvalue weighted by Gasteiger charge is 2.29. The smallest absolute Gasteiger partial charge is 0.224 e. The maximum Gasteiger partial charge on any atom is 0.224 e. The number of anilines is 1. The molecule has 24 heavy (non-hydrogen) atoms. The van der Waals surface area contributed by atoms with Crippen molar-refractivity contribution in [1.29, 1.82) is 0 Å². The number of likely N-dealkylation sites (tertiary alicyclic amines) is 1. The van der Waals surface area contributed by atoms with Crippen LogP contribution in [0.4, 0.5) is 5.82 Å². The van der Waals surface area contributed by atoms with Gasteiger partial charge < -0.3 is 15.4 Å². The van der Waals surface area contributed by atoms with E-state index in [9.17, 15) is 4.79 Å². The molecule has 1 saturated heterocycles. The van der Waals surface area contributed by atoms with Gasteiger partial charge in [-0.25, -0.2) is 15.0 Å². The number of carbonyl (C=O) groups excluding carboxylic acids is 1. The Morgan fingerprint density at radius 1 is 1.46 bits per heavy atom. The van der Waals surface area contributed by atoms with E-state index in [1.54, 1.807) is 25.8 Å². The number of pyridine rings is 1. The van der Waals surface area contributed by atoms with Gasteiger partial charge in [0.05, 0.1) is 18.7 Å². The lowest BCUT2D eigenvalue weighted by Gasteiger charge is -2.17. The lowest BCUT2D eigenvalue weighted by molar-refractivity contribution is -0.131. The number of nitrogens with two attached hydrogens (primary N) is 1. The number of methoxy groups -OCH3 is 1. The molecule has 0 unspecified atom stereocenters. The van der Waals surface area contributed by atoms with Crippen LogP contribution >= 0.6 is 0 Å². The topological polar surface area (TPSA) is 94.2 Å². The first-order chi connectivity index (χ1) is 11.7. The highest BCUT2D eigenvalue weighted by atomic mass is 16.5. The Balaban J connectivity index is 1.80. The number of aromatic nitrogens is 3. The Labute approximate surface area is 140 Å². The van der Waals surface area contributed by atoms with Crippen LogP contribution in [0.2, 0.25) is 0 Å². The second-order valence-corrected chi connectivity index (χ2v) is 5.86. The van der Waals surface area contributed by atoms with Gasteiger partial charge in [0.1, 0.15) is 12.1 Å². The maximum atomic E-state index is 12.2. The maximum absolute atomic E-state index is 12.2. The van der Waals surface area contributed by atoms with Crippen molar-refractivity contribution >= 4 is 11.7 Å². The van der Waals surface area contributed by atoms with Gasteiger partial charge in [-0.15, -0.1) is 0 Å². The molecule has 7 nitrogen and oxygen atoms in total. The van der Waals surface area contributed by atoms with Gasteiger partial charge in [0.25, 0.3) is 0 Å². The Kier molecular flexibility index (Phi) is 5.00. The fourth-order valence-corrected chi connectivity index (χ4v) is 3.06. The number of nitrogen functional groups attached to an aromatic ring is 1. The van der Waals surface area contributed by atoms with Crippen molar-refractivity contribution in [3.05, 3.63) is 36.5 Å². The van der Waals surface area contributed by atoms with Crippen LogP contribution in [-0.2, 0) is 9.53 Å². The molecule has 1 aliphatic heterocycles. The summed E-state index contributed by atoms with van der Waals surface area (Å²) in [6.45, 7) is 1.87. The molecule has 2 aromatic heterocycles. The van der Waals surface area contributed by atoms with Crippen LogP contribution in [-0.4, -0.2) is 52.6 Å². The van der Waals surface area contributed by atoms with E-state index < -0.39 is 0 Å². The Bertz CT molecular complexity index is 722. The van der Waals surface area contributed by atoms with E-state index in [2.05, 4.69) is 15.0 Å². The summed E-state index contributed by atoms with van der Waals surface area (Å²) in [5.41, 5.74) is 8.64. The quantitative estimate of drug-likeness (QED) is 0.894. The first kappa shape index (κ1) is 16.3. The molecule has 7 heteroatoms. The third kappa shape index (κ3) is 3.51. The van der Waals surface area contributed by atoms with E-state index >= 15 is 0 Å². The molecule has 2 aromatic rings. The largest absolute Gasteiger partial charge is 0.384 e. The van der Waals surface area contributed by atoms with Gasteiger partial charge in [-0.2, -0.15) is 0 Å². The number of ether oxygens (including phenoxy) is 1. The van der Waals surface area contributed by atoms with Crippen LogP contribution in [0.1, 0.15) is 24.5 Å². The molecule has 1 amide bonds. The zero-order valence-electron chi connectivity index (χ0n) is 13.7. The average Bonchev–Trinajstić information content (AvgIpc) is 3.10. The van der Waals surface area contributed by atoms with Crippen LogP contribution in [0.3, 0.4) is 0 Å². The summed E-state index contributed by atoms with van der Waals surface area (Å²) in [6.07, 6.45) is 6.34. The normalized spacial score (nSPS) is 17.2. The molecule has 0 aliphatic carbocycles. The van der Waals surface area contributed by atoms with E-state index in [1.807, 2.05) is 17.0 Å². The van der Waals surface area contributed by atoms with Gasteiger partial charge in [-0.3, -0.25) is 4.79 Å². The number of hydrogen-bond acceptors (Lipinski definition) is 6. The van der Waals surface area contributed by atoms with Crippen molar-refractivity contribution in [2.24, 2.45) is 0 Å². The monoisotopic (exact) mass is 327 g/mol. The van der Waals surface area contributed by atoms with Crippen molar-refractivity contribution in [1.82, 2.24) is 19.9 Å². The fraction of sp³-hybridized carbons (Fsp3) is 0.412. The Morgan fingerprint density at radius 2 is 2.33 bits per heavy atom. The van der Waals surface area contributed by atoms with Crippen molar-refractivity contribution in [2.75, 3.05) is 32.5 Å². The number of hydrogen-bond donors (Lipinski definition) is 1. The molecule has 126 valence electrons. The lowest BCUT2D eigenvalue weighted by Crippen LogP contribution is -2.29. The van der Waals surface area contributed by atoms with Crippen molar-refractivity contribution in [3.8, 4) is 11.1 Å². The molecular weight excluding hydrogens is 306 g/mol. The molecule has 0 spiro atoms. The first-order valence-electron chi connectivity index (χ1n) is 7.97. The molecule has 3 heterocycles. The predicted molar refractivity (Wildman–Crippen MR) is 90.1 cm³/mol. The van der Waals surface area contributed by atoms with E-state index in [0.717, 1.165) is 29.8 Å². The molecular formula is C17H21N5O2. The van der Waals surface area contributed by atoms with Gasteiger partial charge >= 0.3 is 0 Å². The molecule has 0 radical (unpaired) electrons.